The van der Waals surface area contributed by atoms with Gasteiger partial charge in [-0.15, -0.1) is 0 Å². The van der Waals surface area contributed by atoms with Gasteiger partial charge in [0.2, 0.25) is 0 Å². The highest BCUT2D eigenvalue weighted by molar-refractivity contribution is 5.25. The first-order chi connectivity index (χ1) is 8.22. The second kappa shape index (κ2) is 5.68. The van der Waals surface area contributed by atoms with Gasteiger partial charge in [0.25, 0.3) is 0 Å². The van der Waals surface area contributed by atoms with Crippen LogP contribution < -0.4 is 5.32 Å². The molecule has 1 aliphatic carbocycles. The molecule has 1 nitrogen and oxygen atoms in total. The van der Waals surface area contributed by atoms with E-state index in [0.29, 0.717) is 6.04 Å². The van der Waals surface area contributed by atoms with E-state index in [9.17, 15) is 0 Å². The number of aryl methyl sites for hydroxylation is 1. The molecule has 1 fully saturated rings. The van der Waals surface area contributed by atoms with E-state index in [0.717, 1.165) is 18.4 Å². The van der Waals surface area contributed by atoms with E-state index in [-0.39, 0.29) is 0 Å². The largest absolute Gasteiger partial charge is 0.310 e. The third-order valence-electron chi connectivity index (χ3n) is 3.94. The monoisotopic (exact) mass is 231 g/mol. The highest BCUT2D eigenvalue weighted by atomic mass is 14.9. The Morgan fingerprint density at radius 2 is 1.88 bits per heavy atom. The molecule has 1 aromatic rings. The number of nitrogens with one attached hydrogen (secondary N) is 1. The number of hydrogen-bond acceptors (Lipinski definition) is 1. The van der Waals surface area contributed by atoms with Crippen molar-refractivity contribution in [2.45, 2.75) is 46.1 Å². The van der Waals surface area contributed by atoms with Crippen molar-refractivity contribution in [1.29, 1.82) is 0 Å². The Hall–Kier alpha value is -0.820. The van der Waals surface area contributed by atoms with Gasteiger partial charge in [-0.05, 0) is 50.1 Å². The van der Waals surface area contributed by atoms with Crippen molar-refractivity contribution in [3.63, 3.8) is 0 Å². The molecule has 1 aromatic carbocycles. The van der Waals surface area contributed by atoms with E-state index >= 15 is 0 Å². The molecule has 2 atom stereocenters. The quantitative estimate of drug-likeness (QED) is 0.778. The predicted molar refractivity (Wildman–Crippen MR) is 74.1 cm³/mol. The average Bonchev–Trinajstić information content (AvgIpc) is 3.15. The standard InChI is InChI=1S/C16H25N/c1-4-11-17-16(13(3)14-9-10-14)15-7-5-12(2)6-8-15/h5-8,13-14,16-17H,4,9-11H2,1-3H3. The second-order valence-corrected chi connectivity index (χ2v) is 5.54. The lowest BCUT2D eigenvalue weighted by Gasteiger charge is -2.26. The average molecular weight is 231 g/mol. The summed E-state index contributed by atoms with van der Waals surface area (Å²) in [7, 11) is 0. The molecule has 94 valence electrons. The van der Waals surface area contributed by atoms with Crippen LogP contribution in [-0.4, -0.2) is 6.54 Å². The first kappa shape index (κ1) is 12.6. The summed E-state index contributed by atoms with van der Waals surface area (Å²) in [4.78, 5) is 0. The Morgan fingerprint density at radius 3 is 2.41 bits per heavy atom. The Kier molecular flexibility index (Phi) is 4.22. The van der Waals surface area contributed by atoms with E-state index in [2.05, 4.69) is 50.4 Å². The van der Waals surface area contributed by atoms with Gasteiger partial charge in [0.1, 0.15) is 0 Å². The van der Waals surface area contributed by atoms with Crippen LogP contribution in [0, 0.1) is 18.8 Å². The second-order valence-electron chi connectivity index (χ2n) is 5.54. The Balaban J connectivity index is 2.10. The molecule has 0 radical (unpaired) electrons. The topological polar surface area (TPSA) is 12.0 Å². The molecule has 1 aliphatic rings. The lowest BCUT2D eigenvalue weighted by molar-refractivity contribution is 0.350. The highest BCUT2D eigenvalue weighted by Gasteiger charge is 2.33. The molecule has 0 amide bonds. The fourth-order valence-corrected chi connectivity index (χ4v) is 2.58. The summed E-state index contributed by atoms with van der Waals surface area (Å²) >= 11 is 0. The molecule has 0 bridgehead atoms. The molecule has 1 N–H and O–H groups in total. The molecule has 2 unspecified atom stereocenters. The lowest BCUT2D eigenvalue weighted by atomic mass is 9.90. The molecule has 17 heavy (non-hydrogen) atoms. The first-order valence-corrected chi connectivity index (χ1v) is 7.02. The van der Waals surface area contributed by atoms with E-state index in [1.165, 1.54) is 30.4 Å². The first-order valence-electron chi connectivity index (χ1n) is 7.02. The van der Waals surface area contributed by atoms with Gasteiger partial charge in [-0.1, -0.05) is 43.7 Å². The number of rotatable bonds is 6. The predicted octanol–water partition coefficient (Wildman–Crippen LogP) is 4.08. The van der Waals surface area contributed by atoms with Crippen molar-refractivity contribution < 1.29 is 0 Å². The van der Waals surface area contributed by atoms with Crippen LogP contribution in [0.15, 0.2) is 24.3 Å². The van der Waals surface area contributed by atoms with Crippen molar-refractivity contribution in [2.75, 3.05) is 6.54 Å². The minimum absolute atomic E-state index is 0.544. The van der Waals surface area contributed by atoms with Gasteiger partial charge in [0, 0.05) is 6.04 Å². The molecule has 0 spiro atoms. The maximum atomic E-state index is 3.73. The van der Waals surface area contributed by atoms with E-state index in [1.807, 2.05) is 0 Å². The molecule has 0 heterocycles. The molecule has 1 saturated carbocycles. The van der Waals surface area contributed by atoms with Crippen LogP contribution >= 0.6 is 0 Å². The van der Waals surface area contributed by atoms with E-state index < -0.39 is 0 Å². The van der Waals surface area contributed by atoms with Crippen LogP contribution in [0.5, 0.6) is 0 Å². The maximum absolute atomic E-state index is 3.73. The van der Waals surface area contributed by atoms with Gasteiger partial charge in [-0.25, -0.2) is 0 Å². The van der Waals surface area contributed by atoms with Gasteiger partial charge in [-0.2, -0.15) is 0 Å². The van der Waals surface area contributed by atoms with E-state index in [1.54, 1.807) is 0 Å². The van der Waals surface area contributed by atoms with Crippen molar-refractivity contribution in [3.05, 3.63) is 35.4 Å². The normalized spacial score (nSPS) is 19.0. The molecule has 2 rings (SSSR count). The summed E-state index contributed by atoms with van der Waals surface area (Å²) in [5.74, 6) is 1.72. The number of benzene rings is 1. The zero-order valence-electron chi connectivity index (χ0n) is 11.4. The van der Waals surface area contributed by atoms with Crippen LogP contribution in [0.1, 0.15) is 50.3 Å². The smallest absolute Gasteiger partial charge is 0.0348 e. The van der Waals surface area contributed by atoms with E-state index in [4.69, 9.17) is 0 Å². The maximum Gasteiger partial charge on any atom is 0.0348 e. The minimum Gasteiger partial charge on any atom is -0.310 e. The van der Waals surface area contributed by atoms with Crippen molar-refractivity contribution in [1.82, 2.24) is 5.32 Å². The van der Waals surface area contributed by atoms with Gasteiger partial charge < -0.3 is 5.32 Å². The lowest BCUT2D eigenvalue weighted by Crippen LogP contribution is -2.28. The van der Waals surface area contributed by atoms with Crippen molar-refractivity contribution in [2.24, 2.45) is 11.8 Å². The fraction of sp³-hybridized carbons (Fsp3) is 0.625. The van der Waals surface area contributed by atoms with Gasteiger partial charge in [0.15, 0.2) is 0 Å². The zero-order chi connectivity index (χ0) is 12.3. The highest BCUT2D eigenvalue weighted by Crippen LogP contribution is 2.42. The molecular weight excluding hydrogens is 206 g/mol. The summed E-state index contributed by atoms with van der Waals surface area (Å²) < 4.78 is 0. The summed E-state index contributed by atoms with van der Waals surface area (Å²) in [6.07, 6.45) is 4.06. The van der Waals surface area contributed by atoms with Crippen LogP contribution in [0.4, 0.5) is 0 Å². The van der Waals surface area contributed by atoms with Crippen LogP contribution in [-0.2, 0) is 0 Å². The number of hydrogen-bond donors (Lipinski definition) is 1. The van der Waals surface area contributed by atoms with Crippen molar-refractivity contribution in [3.8, 4) is 0 Å². The third kappa shape index (κ3) is 3.32. The molecule has 1 heteroatoms. The Labute approximate surface area is 106 Å². The molecular formula is C16H25N. The summed E-state index contributed by atoms with van der Waals surface area (Å²) in [5.41, 5.74) is 2.81. The summed E-state index contributed by atoms with van der Waals surface area (Å²) in [6.45, 7) is 7.92. The van der Waals surface area contributed by atoms with Crippen molar-refractivity contribution >= 4 is 0 Å². The zero-order valence-corrected chi connectivity index (χ0v) is 11.4. The van der Waals surface area contributed by atoms with Crippen LogP contribution in [0.3, 0.4) is 0 Å². The summed E-state index contributed by atoms with van der Waals surface area (Å²) in [5, 5.41) is 3.73. The van der Waals surface area contributed by atoms with Gasteiger partial charge in [-0.3, -0.25) is 0 Å². The Morgan fingerprint density at radius 1 is 1.24 bits per heavy atom. The van der Waals surface area contributed by atoms with Crippen LogP contribution in [0.25, 0.3) is 0 Å². The Bertz CT molecular complexity index is 337. The van der Waals surface area contributed by atoms with Gasteiger partial charge in [0.05, 0.1) is 0 Å². The summed E-state index contributed by atoms with van der Waals surface area (Å²) in [6, 6.07) is 9.59. The van der Waals surface area contributed by atoms with Gasteiger partial charge >= 0.3 is 0 Å². The molecule has 0 aliphatic heterocycles. The van der Waals surface area contributed by atoms with Crippen LogP contribution in [0.2, 0.25) is 0 Å². The SMILES string of the molecule is CCCNC(c1ccc(C)cc1)C(C)C1CC1. The minimum atomic E-state index is 0.544. The fourth-order valence-electron chi connectivity index (χ4n) is 2.58. The third-order valence-corrected chi connectivity index (χ3v) is 3.94. The molecule has 0 saturated heterocycles. The molecule has 0 aromatic heterocycles.